The molecule has 0 saturated heterocycles. The number of primary amides is 1. The lowest BCUT2D eigenvalue weighted by Gasteiger charge is -2.12. The second-order valence-corrected chi connectivity index (χ2v) is 8.36. The molecule has 0 bridgehead atoms. The highest BCUT2D eigenvalue weighted by Crippen LogP contribution is 2.43. The number of alkyl halides is 2. The molecule has 1 aliphatic rings. The van der Waals surface area contributed by atoms with E-state index in [1.807, 2.05) is 25.1 Å². The van der Waals surface area contributed by atoms with Crippen molar-refractivity contribution < 1.29 is 18.4 Å². The average molecular weight is 453 g/mol. The summed E-state index contributed by atoms with van der Waals surface area (Å²) in [6, 6.07) is 13.8. The van der Waals surface area contributed by atoms with Crippen molar-refractivity contribution in [3.63, 3.8) is 0 Å². The Morgan fingerprint density at radius 2 is 1.88 bits per heavy atom. The van der Waals surface area contributed by atoms with Gasteiger partial charge in [0.25, 0.3) is 11.8 Å². The van der Waals surface area contributed by atoms with Gasteiger partial charge < -0.3 is 16.8 Å². The van der Waals surface area contributed by atoms with E-state index in [1.165, 1.54) is 4.68 Å². The molecular formula is C24H25F2N5O2. The molecule has 5 N–H and O–H groups in total. The van der Waals surface area contributed by atoms with E-state index < -0.39 is 17.9 Å². The number of rotatable bonds is 6. The molecule has 172 valence electrons. The fraction of sp³-hybridized carbons (Fsp3) is 0.292. The maximum Gasteiger partial charge on any atom is 0.254 e. The summed E-state index contributed by atoms with van der Waals surface area (Å²) in [4.78, 5) is 24.5. The van der Waals surface area contributed by atoms with Crippen molar-refractivity contribution >= 4 is 17.6 Å². The number of aromatic nitrogens is 2. The summed E-state index contributed by atoms with van der Waals surface area (Å²) in [5, 5.41) is 7.27. The highest BCUT2D eigenvalue weighted by Gasteiger charge is 2.42. The first-order chi connectivity index (χ1) is 15.7. The monoisotopic (exact) mass is 453 g/mol. The third kappa shape index (κ3) is 4.57. The normalized spacial score (nSPS) is 17.1. The van der Waals surface area contributed by atoms with Crippen molar-refractivity contribution in [1.82, 2.24) is 15.1 Å². The number of benzene rings is 2. The van der Waals surface area contributed by atoms with Crippen LogP contribution in [0.3, 0.4) is 0 Å². The van der Waals surface area contributed by atoms with Gasteiger partial charge in [0.05, 0.1) is 6.04 Å². The third-order valence-electron chi connectivity index (χ3n) is 5.99. The number of anilines is 1. The molecule has 1 heterocycles. The molecule has 1 atom stereocenters. The van der Waals surface area contributed by atoms with Gasteiger partial charge in [-0.15, -0.1) is 0 Å². The minimum Gasteiger partial charge on any atom is -0.383 e. The van der Waals surface area contributed by atoms with E-state index in [-0.39, 0.29) is 42.2 Å². The lowest BCUT2D eigenvalue weighted by atomic mass is 10.0. The zero-order chi connectivity index (χ0) is 23.8. The molecule has 0 aliphatic heterocycles. The molecule has 1 fully saturated rings. The largest absolute Gasteiger partial charge is 0.383 e. The van der Waals surface area contributed by atoms with Gasteiger partial charge in [-0.05, 0) is 30.5 Å². The Balaban J connectivity index is 1.54. The van der Waals surface area contributed by atoms with Gasteiger partial charge in [0.1, 0.15) is 17.1 Å². The Labute approximate surface area is 189 Å². The van der Waals surface area contributed by atoms with Crippen LogP contribution in [0.5, 0.6) is 0 Å². The topological polar surface area (TPSA) is 116 Å². The molecule has 1 saturated carbocycles. The van der Waals surface area contributed by atoms with Crippen LogP contribution in [0, 0.1) is 6.92 Å². The first-order valence-electron chi connectivity index (χ1n) is 10.6. The van der Waals surface area contributed by atoms with Gasteiger partial charge in [0.2, 0.25) is 5.92 Å². The molecule has 0 spiro atoms. The first-order valence-corrected chi connectivity index (χ1v) is 10.6. The molecule has 2 amide bonds. The molecule has 3 aromatic rings. The van der Waals surface area contributed by atoms with Crippen molar-refractivity contribution in [2.45, 2.75) is 44.7 Å². The van der Waals surface area contributed by atoms with Crippen molar-refractivity contribution in [2.24, 2.45) is 5.73 Å². The summed E-state index contributed by atoms with van der Waals surface area (Å²) >= 11 is 0. The molecule has 7 nitrogen and oxygen atoms in total. The van der Waals surface area contributed by atoms with Crippen molar-refractivity contribution in [3.8, 4) is 11.3 Å². The standard InChI is InChI=1S/C24H25F2N5O2/c1-14-4-2-3-5-18(14)23(33)29-13-15-6-8-16(9-7-15)20-19(22(28)32)21(27)31(30-20)17-10-11-24(25,26)12-17/h2-9,17H,10-13,27H2,1H3,(H2,28,32)(H,29,33). The van der Waals surface area contributed by atoms with Crippen LogP contribution in [0.15, 0.2) is 48.5 Å². The van der Waals surface area contributed by atoms with Crippen LogP contribution in [0.1, 0.15) is 57.1 Å². The predicted octanol–water partition coefficient (Wildman–Crippen LogP) is 3.83. The summed E-state index contributed by atoms with van der Waals surface area (Å²) in [7, 11) is 0. The highest BCUT2D eigenvalue weighted by atomic mass is 19.3. The Hall–Kier alpha value is -3.75. The van der Waals surface area contributed by atoms with Gasteiger partial charge in [-0.2, -0.15) is 5.10 Å². The fourth-order valence-corrected chi connectivity index (χ4v) is 4.19. The van der Waals surface area contributed by atoms with E-state index in [0.29, 0.717) is 17.7 Å². The van der Waals surface area contributed by atoms with Gasteiger partial charge in [-0.25, -0.2) is 13.5 Å². The van der Waals surface area contributed by atoms with E-state index in [2.05, 4.69) is 10.4 Å². The van der Waals surface area contributed by atoms with Crippen molar-refractivity contribution in [1.29, 1.82) is 0 Å². The van der Waals surface area contributed by atoms with Gasteiger partial charge >= 0.3 is 0 Å². The Bertz CT molecular complexity index is 1200. The van der Waals surface area contributed by atoms with Crippen molar-refractivity contribution in [2.75, 3.05) is 5.73 Å². The number of amides is 2. The Morgan fingerprint density at radius 1 is 1.18 bits per heavy atom. The number of nitrogens with one attached hydrogen (secondary N) is 1. The van der Waals surface area contributed by atoms with Crippen LogP contribution < -0.4 is 16.8 Å². The van der Waals surface area contributed by atoms with Gasteiger partial charge in [-0.3, -0.25) is 9.59 Å². The average Bonchev–Trinajstić information content (AvgIpc) is 3.31. The van der Waals surface area contributed by atoms with Gasteiger partial charge in [0.15, 0.2) is 0 Å². The molecular weight excluding hydrogens is 428 g/mol. The van der Waals surface area contributed by atoms with Gasteiger partial charge in [-0.1, -0.05) is 42.5 Å². The first kappa shape index (κ1) is 22.4. The maximum atomic E-state index is 13.7. The SMILES string of the molecule is Cc1ccccc1C(=O)NCc1ccc(-c2nn(C3CCC(F)(F)C3)c(N)c2C(N)=O)cc1. The summed E-state index contributed by atoms with van der Waals surface area (Å²) < 4.78 is 28.7. The third-order valence-corrected chi connectivity index (χ3v) is 5.99. The smallest absolute Gasteiger partial charge is 0.254 e. The Kier molecular flexibility index (Phi) is 5.88. The minimum atomic E-state index is -2.78. The molecule has 33 heavy (non-hydrogen) atoms. The summed E-state index contributed by atoms with van der Waals surface area (Å²) in [5.41, 5.74) is 14.8. The molecule has 1 unspecified atom stereocenters. The number of aryl methyl sites for hydroxylation is 1. The molecule has 4 rings (SSSR count). The minimum absolute atomic E-state index is 0.00484. The number of halogens is 2. The zero-order valence-electron chi connectivity index (χ0n) is 18.1. The zero-order valence-corrected chi connectivity index (χ0v) is 18.1. The number of hydrogen-bond donors (Lipinski definition) is 3. The summed E-state index contributed by atoms with van der Waals surface area (Å²) in [6.07, 6.45) is -0.410. The predicted molar refractivity (Wildman–Crippen MR) is 121 cm³/mol. The summed E-state index contributed by atoms with van der Waals surface area (Å²) in [6.45, 7) is 2.18. The van der Waals surface area contributed by atoms with Crippen LogP contribution in [-0.2, 0) is 6.54 Å². The number of nitrogen functional groups attached to an aromatic ring is 1. The number of nitrogens with two attached hydrogens (primary N) is 2. The second kappa shape index (κ2) is 8.65. The van der Waals surface area contributed by atoms with E-state index in [0.717, 1.165) is 11.1 Å². The van der Waals surface area contributed by atoms with Crippen LogP contribution in [-0.4, -0.2) is 27.5 Å². The molecule has 1 aliphatic carbocycles. The van der Waals surface area contributed by atoms with Crippen LogP contribution in [0.25, 0.3) is 11.3 Å². The molecule has 2 aromatic carbocycles. The lowest BCUT2D eigenvalue weighted by Crippen LogP contribution is -2.23. The molecule has 0 radical (unpaired) electrons. The number of carbonyl (C=O) groups is 2. The quantitative estimate of drug-likeness (QED) is 0.526. The van der Waals surface area contributed by atoms with Crippen LogP contribution >= 0.6 is 0 Å². The fourth-order valence-electron chi connectivity index (χ4n) is 4.19. The number of nitrogens with zero attached hydrogens (tertiary/aromatic N) is 2. The van der Waals surface area contributed by atoms with E-state index in [1.54, 1.807) is 30.3 Å². The highest BCUT2D eigenvalue weighted by molar-refractivity contribution is 6.03. The number of hydrogen-bond acceptors (Lipinski definition) is 4. The van der Waals surface area contributed by atoms with Crippen LogP contribution in [0.4, 0.5) is 14.6 Å². The van der Waals surface area contributed by atoms with E-state index in [4.69, 9.17) is 11.5 Å². The van der Waals surface area contributed by atoms with Crippen molar-refractivity contribution in [3.05, 3.63) is 70.8 Å². The van der Waals surface area contributed by atoms with Gasteiger partial charge in [0, 0.05) is 30.5 Å². The molecule has 1 aromatic heterocycles. The Morgan fingerprint density at radius 3 is 2.48 bits per heavy atom. The molecule has 9 heteroatoms. The second-order valence-electron chi connectivity index (χ2n) is 8.36. The lowest BCUT2D eigenvalue weighted by molar-refractivity contribution is 0.00528. The maximum absolute atomic E-state index is 13.7. The summed E-state index contributed by atoms with van der Waals surface area (Å²) in [5.74, 6) is -3.73. The van der Waals surface area contributed by atoms with E-state index in [9.17, 15) is 18.4 Å². The van der Waals surface area contributed by atoms with E-state index >= 15 is 0 Å². The number of carbonyl (C=O) groups excluding carboxylic acids is 2. The van der Waals surface area contributed by atoms with Crippen LogP contribution in [0.2, 0.25) is 0 Å².